The van der Waals surface area contributed by atoms with Crippen molar-refractivity contribution in [1.29, 1.82) is 0 Å². The minimum absolute atomic E-state index is 0.0916. The summed E-state index contributed by atoms with van der Waals surface area (Å²) < 4.78 is 24.8. The highest BCUT2D eigenvalue weighted by molar-refractivity contribution is 6.56. The van der Waals surface area contributed by atoms with Gasteiger partial charge in [0.25, 0.3) is 0 Å². The molecule has 0 aliphatic rings. The molecule has 31 heavy (non-hydrogen) atoms. The summed E-state index contributed by atoms with van der Waals surface area (Å²) in [6.45, 7) is 6.67. The van der Waals surface area contributed by atoms with Gasteiger partial charge in [-0.1, -0.05) is 23.2 Å². The molecule has 2 aromatic carbocycles. The summed E-state index contributed by atoms with van der Waals surface area (Å²) in [5.41, 5.74) is 1.82. The molecule has 6 nitrogen and oxygen atoms in total. The second-order valence-corrected chi connectivity index (χ2v) is 7.64. The van der Waals surface area contributed by atoms with Gasteiger partial charge < -0.3 is 18.9 Å². The van der Waals surface area contributed by atoms with E-state index in [0.29, 0.717) is 47.9 Å². The van der Waals surface area contributed by atoms with Gasteiger partial charge in [-0.05, 0) is 69.3 Å². The van der Waals surface area contributed by atoms with Crippen LogP contribution in [0.25, 0.3) is 0 Å². The Morgan fingerprint density at radius 3 is 1.94 bits per heavy atom. The highest BCUT2D eigenvalue weighted by Gasteiger charge is 2.15. The predicted octanol–water partition coefficient (Wildman–Crippen LogP) is 6.90. The van der Waals surface area contributed by atoms with Crippen molar-refractivity contribution in [1.82, 2.24) is 9.78 Å². The van der Waals surface area contributed by atoms with Gasteiger partial charge in [0.05, 0.1) is 17.9 Å². The largest absolute Gasteiger partial charge is 0.460 e. The van der Waals surface area contributed by atoms with E-state index in [1.165, 1.54) is 0 Å². The van der Waals surface area contributed by atoms with E-state index in [0.717, 1.165) is 11.3 Å². The lowest BCUT2D eigenvalue weighted by Gasteiger charge is -2.11. The Hall–Kier alpha value is -2.67. The highest BCUT2D eigenvalue weighted by Crippen LogP contribution is 2.31. The third-order valence-corrected chi connectivity index (χ3v) is 4.91. The minimum Gasteiger partial charge on any atom is -0.460 e. The Labute approximate surface area is 191 Å². The van der Waals surface area contributed by atoms with Crippen LogP contribution in [0.1, 0.15) is 25.1 Å². The van der Waals surface area contributed by atoms with Crippen molar-refractivity contribution < 1.29 is 18.9 Å². The molecule has 0 amide bonds. The van der Waals surface area contributed by atoms with Gasteiger partial charge >= 0.3 is 0 Å². The van der Waals surface area contributed by atoms with Crippen molar-refractivity contribution in [3.63, 3.8) is 0 Å². The van der Waals surface area contributed by atoms with Crippen molar-refractivity contribution in [2.45, 2.75) is 27.4 Å². The van der Waals surface area contributed by atoms with Crippen LogP contribution < -0.4 is 14.2 Å². The number of aryl methyl sites for hydroxylation is 2. The lowest BCUT2D eigenvalue weighted by molar-refractivity contribution is 0.132. The average molecular weight is 463 g/mol. The van der Waals surface area contributed by atoms with Gasteiger partial charge in [-0.3, -0.25) is 0 Å². The Kier molecular flexibility index (Phi) is 7.85. The standard InChI is InChI=1S/C23H24Cl2N2O4/c1-5-28-14-21-15(2)26-27(4)23(21)31-20-12-10-19(11-13-20)30-18-8-6-17(7-9-18)29-16(3)22(24)25/h6-13H,5,14H2,1-4H3. The van der Waals surface area contributed by atoms with Crippen LogP contribution in [0.3, 0.4) is 0 Å². The molecule has 164 valence electrons. The Morgan fingerprint density at radius 2 is 1.42 bits per heavy atom. The number of aromatic nitrogens is 2. The maximum absolute atomic E-state index is 6.06. The molecule has 1 heterocycles. The van der Waals surface area contributed by atoms with Crippen LogP contribution in [0.5, 0.6) is 28.9 Å². The van der Waals surface area contributed by atoms with Crippen molar-refractivity contribution in [2.24, 2.45) is 7.05 Å². The first kappa shape index (κ1) is 23.0. The minimum atomic E-state index is 0.0916. The molecule has 0 aliphatic heterocycles. The smallest absolute Gasteiger partial charge is 0.223 e. The molecule has 3 rings (SSSR count). The molecule has 0 atom stereocenters. The molecule has 8 heteroatoms. The molecule has 0 radical (unpaired) electrons. The Balaban J connectivity index is 1.65. The monoisotopic (exact) mass is 462 g/mol. The van der Waals surface area contributed by atoms with E-state index in [1.54, 1.807) is 35.9 Å². The van der Waals surface area contributed by atoms with Crippen molar-refractivity contribution in [2.75, 3.05) is 6.61 Å². The van der Waals surface area contributed by atoms with Crippen LogP contribution in [0.2, 0.25) is 0 Å². The summed E-state index contributed by atoms with van der Waals surface area (Å²) in [7, 11) is 1.85. The molecule has 1 aromatic heterocycles. The second-order valence-electron chi connectivity index (χ2n) is 6.70. The number of nitrogens with zero attached hydrogens (tertiary/aromatic N) is 2. The van der Waals surface area contributed by atoms with E-state index in [2.05, 4.69) is 5.10 Å². The third kappa shape index (κ3) is 6.17. The van der Waals surface area contributed by atoms with E-state index >= 15 is 0 Å². The van der Waals surface area contributed by atoms with Crippen LogP contribution in [0, 0.1) is 6.92 Å². The summed E-state index contributed by atoms with van der Waals surface area (Å²) in [6.07, 6.45) is 0. The first-order valence-corrected chi connectivity index (χ1v) is 10.5. The normalized spacial score (nSPS) is 10.6. The van der Waals surface area contributed by atoms with Gasteiger partial charge in [0.1, 0.15) is 33.2 Å². The number of rotatable bonds is 9. The molecule has 0 saturated carbocycles. The number of hydrogen-bond donors (Lipinski definition) is 0. The summed E-state index contributed by atoms with van der Waals surface area (Å²) in [4.78, 5) is 0. The molecule has 0 N–H and O–H groups in total. The molecule has 3 aromatic rings. The SMILES string of the molecule is CCOCc1c(C)nn(C)c1Oc1ccc(Oc2ccc(OC(C)=C(Cl)Cl)cc2)cc1. The number of hydrogen-bond acceptors (Lipinski definition) is 5. The lowest BCUT2D eigenvalue weighted by Crippen LogP contribution is -1.99. The van der Waals surface area contributed by atoms with Crippen LogP contribution in [-0.2, 0) is 18.4 Å². The maximum Gasteiger partial charge on any atom is 0.223 e. The second kappa shape index (κ2) is 10.6. The van der Waals surface area contributed by atoms with E-state index in [1.807, 2.05) is 45.2 Å². The zero-order chi connectivity index (χ0) is 22.4. The molecule has 0 fully saturated rings. The molecular weight excluding hydrogens is 439 g/mol. The van der Waals surface area contributed by atoms with Crippen molar-refractivity contribution in [3.8, 4) is 28.9 Å². The van der Waals surface area contributed by atoms with E-state index < -0.39 is 0 Å². The van der Waals surface area contributed by atoms with Gasteiger partial charge in [0.2, 0.25) is 5.88 Å². The van der Waals surface area contributed by atoms with Crippen LogP contribution in [0.4, 0.5) is 0 Å². The fourth-order valence-electron chi connectivity index (χ4n) is 2.79. The molecule has 0 aliphatic carbocycles. The van der Waals surface area contributed by atoms with Gasteiger partial charge in [-0.15, -0.1) is 0 Å². The van der Waals surface area contributed by atoms with Gasteiger partial charge in [-0.2, -0.15) is 5.10 Å². The fourth-order valence-corrected chi connectivity index (χ4v) is 2.87. The number of halogens is 2. The average Bonchev–Trinajstić information content (AvgIpc) is 3.01. The molecule has 0 unspecified atom stereocenters. The van der Waals surface area contributed by atoms with Crippen molar-refractivity contribution in [3.05, 3.63) is 70.0 Å². The summed E-state index contributed by atoms with van der Waals surface area (Å²) >= 11 is 11.4. The highest BCUT2D eigenvalue weighted by atomic mass is 35.5. The number of ether oxygens (including phenoxy) is 4. The zero-order valence-corrected chi connectivity index (χ0v) is 19.3. The number of benzene rings is 2. The van der Waals surface area contributed by atoms with Gasteiger partial charge in [0, 0.05) is 13.7 Å². The van der Waals surface area contributed by atoms with Crippen LogP contribution >= 0.6 is 23.2 Å². The van der Waals surface area contributed by atoms with Crippen LogP contribution in [-0.4, -0.2) is 16.4 Å². The Morgan fingerprint density at radius 1 is 0.903 bits per heavy atom. The van der Waals surface area contributed by atoms with Crippen LogP contribution in [0.15, 0.2) is 58.8 Å². The lowest BCUT2D eigenvalue weighted by atomic mass is 10.2. The Bertz CT molecular complexity index is 1040. The fraction of sp³-hybridized carbons (Fsp3) is 0.261. The van der Waals surface area contributed by atoms with Crippen molar-refractivity contribution >= 4 is 23.2 Å². The predicted molar refractivity (Wildman–Crippen MR) is 121 cm³/mol. The first-order chi connectivity index (χ1) is 14.9. The first-order valence-electron chi connectivity index (χ1n) is 9.73. The summed E-state index contributed by atoms with van der Waals surface area (Å²) in [6, 6.07) is 14.5. The van der Waals surface area contributed by atoms with E-state index in [4.69, 9.17) is 42.1 Å². The van der Waals surface area contributed by atoms with Gasteiger partial charge in [-0.25, -0.2) is 4.68 Å². The number of allylic oxidation sites excluding steroid dienone is 1. The maximum atomic E-state index is 6.06. The zero-order valence-electron chi connectivity index (χ0n) is 17.8. The molecule has 0 bridgehead atoms. The van der Waals surface area contributed by atoms with E-state index in [-0.39, 0.29) is 4.49 Å². The summed E-state index contributed by atoms with van der Waals surface area (Å²) in [5, 5.41) is 4.43. The quantitative estimate of drug-likeness (QED) is 0.323. The van der Waals surface area contributed by atoms with E-state index in [9.17, 15) is 0 Å². The molecule has 0 spiro atoms. The van der Waals surface area contributed by atoms with Gasteiger partial charge in [0.15, 0.2) is 0 Å². The molecule has 0 saturated heterocycles. The summed E-state index contributed by atoms with van der Waals surface area (Å²) in [5.74, 6) is 3.73. The topological polar surface area (TPSA) is 54.7 Å². The molecular formula is C23H24Cl2N2O4. The third-order valence-electron chi connectivity index (χ3n) is 4.37.